The summed E-state index contributed by atoms with van der Waals surface area (Å²) in [6, 6.07) is 8.50. The molecule has 0 aliphatic heterocycles. The molecule has 0 aromatic heterocycles. The summed E-state index contributed by atoms with van der Waals surface area (Å²) in [5.74, 6) is -2.84. The van der Waals surface area contributed by atoms with Crippen LogP contribution in [0, 0.1) is 0 Å². The number of rotatable bonds is 12. The van der Waals surface area contributed by atoms with E-state index in [0.29, 0.717) is 11.1 Å². The number of carbonyl (C=O) groups is 5. The lowest BCUT2D eigenvalue weighted by Crippen LogP contribution is -2.09. The van der Waals surface area contributed by atoms with Gasteiger partial charge >= 0.3 is 17.9 Å². The zero-order chi connectivity index (χ0) is 26.7. The summed E-state index contributed by atoms with van der Waals surface area (Å²) in [5, 5.41) is 0. The Bertz CT molecular complexity index is 1260. The van der Waals surface area contributed by atoms with Crippen molar-refractivity contribution in [1.82, 2.24) is 0 Å². The molecule has 0 saturated heterocycles. The van der Waals surface area contributed by atoms with Crippen molar-refractivity contribution >= 4 is 35.6 Å². The summed E-state index contributed by atoms with van der Waals surface area (Å²) in [5.41, 5.74) is 0.928. The first-order valence-electron chi connectivity index (χ1n) is 10.4. The normalized spacial score (nSPS) is 10.1. The Labute approximate surface area is 207 Å². The van der Waals surface area contributed by atoms with E-state index in [4.69, 9.17) is 14.2 Å². The van der Waals surface area contributed by atoms with Crippen LogP contribution in [0.5, 0.6) is 17.2 Å². The van der Waals surface area contributed by atoms with Gasteiger partial charge in [0.05, 0.1) is 0 Å². The van der Waals surface area contributed by atoms with E-state index < -0.39 is 23.7 Å². The van der Waals surface area contributed by atoms with Crippen molar-refractivity contribution in [2.24, 2.45) is 0 Å². The number of carbonyl (C=O) groups excluding carboxylic acids is 5. The molecule has 0 N–H and O–H groups in total. The first kappa shape index (κ1) is 27.1. The quantitative estimate of drug-likeness (QED) is 0.190. The highest BCUT2D eigenvalue weighted by Crippen LogP contribution is 2.26. The van der Waals surface area contributed by atoms with E-state index in [9.17, 15) is 24.0 Å². The summed E-state index contributed by atoms with van der Waals surface area (Å²) >= 11 is 0. The van der Waals surface area contributed by atoms with E-state index in [1.165, 1.54) is 48.6 Å². The van der Waals surface area contributed by atoms with Crippen LogP contribution in [0.25, 0.3) is 6.08 Å². The Morgan fingerprint density at radius 3 is 1.78 bits per heavy atom. The lowest BCUT2D eigenvalue weighted by Gasteiger charge is -2.09. The molecule has 0 aliphatic carbocycles. The first-order valence-corrected chi connectivity index (χ1v) is 10.4. The number of ketones is 2. The van der Waals surface area contributed by atoms with E-state index in [1.807, 2.05) is 0 Å². The van der Waals surface area contributed by atoms with Crippen LogP contribution in [0.15, 0.2) is 93.1 Å². The smallest absolute Gasteiger partial charge is 0.335 e. The highest BCUT2D eigenvalue weighted by atomic mass is 16.5. The Hall–Kier alpha value is -5.11. The van der Waals surface area contributed by atoms with E-state index in [-0.39, 0.29) is 35.0 Å². The van der Waals surface area contributed by atoms with Gasteiger partial charge in [-0.3, -0.25) is 9.59 Å². The van der Waals surface area contributed by atoms with Gasteiger partial charge in [-0.05, 0) is 35.9 Å². The minimum Gasteiger partial charge on any atom is -0.423 e. The van der Waals surface area contributed by atoms with Crippen molar-refractivity contribution in [3.63, 3.8) is 0 Å². The Kier molecular flexibility index (Phi) is 9.76. The third kappa shape index (κ3) is 8.03. The molecule has 0 fully saturated rings. The molecule has 2 aromatic carbocycles. The number of benzene rings is 2. The average Bonchev–Trinajstić information content (AvgIpc) is 2.87. The molecular weight excluding hydrogens is 464 g/mol. The van der Waals surface area contributed by atoms with E-state index >= 15 is 0 Å². The molecule has 0 bridgehead atoms. The molecule has 0 unspecified atom stereocenters. The second-order valence-electron chi connectivity index (χ2n) is 6.98. The number of ether oxygens (including phenoxy) is 3. The van der Waals surface area contributed by atoms with E-state index in [1.54, 1.807) is 0 Å². The molecule has 8 nitrogen and oxygen atoms in total. The minimum atomic E-state index is -0.755. The van der Waals surface area contributed by atoms with Gasteiger partial charge in [-0.1, -0.05) is 44.5 Å². The first-order chi connectivity index (χ1) is 17.2. The molecule has 2 aromatic rings. The maximum atomic E-state index is 12.8. The van der Waals surface area contributed by atoms with Crippen molar-refractivity contribution in [3.05, 3.63) is 110 Å². The fourth-order valence-corrected chi connectivity index (χ4v) is 2.75. The summed E-state index contributed by atoms with van der Waals surface area (Å²) in [6.07, 6.45) is 6.57. The van der Waals surface area contributed by atoms with Gasteiger partial charge in [0.15, 0.2) is 11.6 Å². The van der Waals surface area contributed by atoms with Crippen LogP contribution in [0.4, 0.5) is 0 Å². The monoisotopic (exact) mass is 486 g/mol. The van der Waals surface area contributed by atoms with Gasteiger partial charge < -0.3 is 14.2 Å². The molecule has 0 heterocycles. The molecule has 0 spiro atoms. The van der Waals surface area contributed by atoms with Gasteiger partial charge in [0, 0.05) is 41.8 Å². The van der Waals surface area contributed by atoms with Gasteiger partial charge in [0.25, 0.3) is 0 Å². The molecule has 8 heteroatoms. The molecule has 0 saturated carbocycles. The van der Waals surface area contributed by atoms with Crippen molar-refractivity contribution in [1.29, 1.82) is 0 Å². The maximum Gasteiger partial charge on any atom is 0.335 e. The summed E-state index contributed by atoms with van der Waals surface area (Å²) in [6.45, 7) is 13.4. The number of hydrogen-bond acceptors (Lipinski definition) is 8. The lowest BCUT2D eigenvalue weighted by molar-refractivity contribution is -0.130. The van der Waals surface area contributed by atoms with Crippen molar-refractivity contribution in [3.8, 4) is 17.2 Å². The van der Waals surface area contributed by atoms with Crippen LogP contribution in [0.2, 0.25) is 0 Å². The summed E-state index contributed by atoms with van der Waals surface area (Å²) in [4.78, 5) is 59.4. The highest BCUT2D eigenvalue weighted by Gasteiger charge is 2.14. The largest absolute Gasteiger partial charge is 0.423 e. The maximum absolute atomic E-state index is 12.8. The Balaban J connectivity index is 2.38. The fraction of sp³-hybridized carbons (Fsp3) is 0.0357. The zero-order valence-corrected chi connectivity index (χ0v) is 19.2. The molecule has 0 aliphatic rings. The summed E-state index contributed by atoms with van der Waals surface area (Å²) in [7, 11) is 0. The molecule has 0 radical (unpaired) electrons. The van der Waals surface area contributed by atoms with E-state index in [0.717, 1.165) is 24.3 Å². The highest BCUT2D eigenvalue weighted by molar-refractivity contribution is 6.07. The molecule has 0 amide bonds. The molecule has 182 valence electrons. The van der Waals surface area contributed by atoms with Gasteiger partial charge in [0.2, 0.25) is 0 Å². The predicted octanol–water partition coefficient (Wildman–Crippen LogP) is 4.15. The standard InChI is InChI=1S/C28H22O8/c1-5-21(29)15-20-11-10-19(16-25(20)36-28(33)8-4)24(30)12-9-18-13-22(34-26(31)6-2)17-23(14-18)35-27(32)7-3/h5-14,16-17H,1-4,15H2/b12-9+. The zero-order valence-electron chi connectivity index (χ0n) is 19.2. The number of esters is 3. The molecule has 2 rings (SSSR count). The van der Waals surface area contributed by atoms with E-state index in [2.05, 4.69) is 26.3 Å². The fourth-order valence-electron chi connectivity index (χ4n) is 2.75. The number of allylic oxidation sites excluding steroid dienone is 2. The van der Waals surface area contributed by atoms with Crippen LogP contribution in [-0.4, -0.2) is 29.5 Å². The second kappa shape index (κ2) is 13.0. The van der Waals surface area contributed by atoms with Crippen molar-refractivity contribution < 1.29 is 38.2 Å². The molecule has 36 heavy (non-hydrogen) atoms. The Morgan fingerprint density at radius 2 is 1.25 bits per heavy atom. The van der Waals surface area contributed by atoms with Crippen molar-refractivity contribution in [2.45, 2.75) is 6.42 Å². The molecule has 0 atom stereocenters. The topological polar surface area (TPSA) is 113 Å². The van der Waals surface area contributed by atoms with Gasteiger partial charge in [-0.25, -0.2) is 14.4 Å². The number of hydrogen-bond donors (Lipinski definition) is 0. The third-order valence-electron chi connectivity index (χ3n) is 4.42. The SMILES string of the molecule is C=CC(=O)Cc1ccc(C(=O)/C=C/c2cc(OC(=O)C=C)cc(OC(=O)C=C)c2)cc1OC(=O)C=C. The van der Waals surface area contributed by atoms with Gasteiger partial charge in [-0.15, -0.1) is 0 Å². The van der Waals surface area contributed by atoms with Crippen LogP contribution in [0.3, 0.4) is 0 Å². The van der Waals surface area contributed by atoms with Crippen LogP contribution in [-0.2, 0) is 25.6 Å². The van der Waals surface area contributed by atoms with Crippen LogP contribution < -0.4 is 14.2 Å². The van der Waals surface area contributed by atoms with Gasteiger partial charge in [0.1, 0.15) is 17.2 Å². The van der Waals surface area contributed by atoms with Crippen molar-refractivity contribution in [2.75, 3.05) is 0 Å². The second-order valence-corrected chi connectivity index (χ2v) is 6.98. The molecular formula is C28H22O8. The van der Waals surface area contributed by atoms with Gasteiger partial charge in [-0.2, -0.15) is 0 Å². The minimum absolute atomic E-state index is 0.0336. The van der Waals surface area contributed by atoms with Crippen LogP contribution >= 0.6 is 0 Å². The summed E-state index contributed by atoms with van der Waals surface area (Å²) < 4.78 is 15.4. The predicted molar refractivity (Wildman–Crippen MR) is 133 cm³/mol. The third-order valence-corrected chi connectivity index (χ3v) is 4.42. The Morgan fingerprint density at radius 1 is 0.694 bits per heavy atom. The van der Waals surface area contributed by atoms with Crippen LogP contribution in [0.1, 0.15) is 21.5 Å². The average molecular weight is 486 g/mol. The lowest BCUT2D eigenvalue weighted by atomic mass is 10.0.